The highest BCUT2D eigenvalue weighted by molar-refractivity contribution is 5.98. The predicted octanol–water partition coefficient (Wildman–Crippen LogP) is 5.17. The second kappa shape index (κ2) is 11.4. The number of nitrogens with zero attached hydrogens (tertiary/aromatic N) is 3. The Morgan fingerprint density at radius 1 is 1.05 bits per heavy atom. The van der Waals surface area contributed by atoms with Crippen molar-refractivity contribution in [2.24, 2.45) is 11.3 Å². The van der Waals surface area contributed by atoms with E-state index < -0.39 is 42.3 Å². The molecule has 2 amide bonds. The topological polar surface area (TPSA) is 114 Å². The summed E-state index contributed by atoms with van der Waals surface area (Å²) in [5, 5.41) is 5.84. The summed E-state index contributed by atoms with van der Waals surface area (Å²) in [6.45, 7) is 6.91. The van der Waals surface area contributed by atoms with E-state index in [-0.39, 0.29) is 5.91 Å². The van der Waals surface area contributed by atoms with Crippen LogP contribution in [-0.2, 0) is 14.3 Å². The van der Waals surface area contributed by atoms with Crippen LogP contribution in [0.3, 0.4) is 0 Å². The van der Waals surface area contributed by atoms with Gasteiger partial charge in [-0.2, -0.15) is 0 Å². The number of aromatic nitrogens is 2. The highest BCUT2D eigenvalue weighted by atomic mass is 19.3. The van der Waals surface area contributed by atoms with Crippen molar-refractivity contribution in [3.05, 3.63) is 66.4 Å². The number of carbonyl (C=O) groups excluding carboxylic acids is 3. The molecule has 9 nitrogen and oxygen atoms in total. The quantitative estimate of drug-likeness (QED) is 0.279. The minimum Gasteiger partial charge on any atom is -0.443 e. The van der Waals surface area contributed by atoms with Crippen molar-refractivity contribution in [1.82, 2.24) is 15.3 Å². The van der Waals surface area contributed by atoms with Crippen molar-refractivity contribution in [1.29, 1.82) is 0 Å². The van der Waals surface area contributed by atoms with Crippen LogP contribution in [0.15, 0.2) is 60.8 Å². The number of esters is 1. The summed E-state index contributed by atoms with van der Waals surface area (Å²) < 4.78 is 32.6. The normalized spacial score (nSPS) is 15.6. The zero-order valence-corrected chi connectivity index (χ0v) is 22.7. The fourth-order valence-corrected chi connectivity index (χ4v) is 3.76. The average Bonchev–Trinajstić information content (AvgIpc) is 3.57. The van der Waals surface area contributed by atoms with Gasteiger partial charge in [-0.3, -0.25) is 19.3 Å². The van der Waals surface area contributed by atoms with E-state index in [4.69, 9.17) is 4.74 Å². The average molecular weight is 552 g/mol. The van der Waals surface area contributed by atoms with Crippen LogP contribution in [0, 0.1) is 11.3 Å². The van der Waals surface area contributed by atoms with Crippen LogP contribution in [0.25, 0.3) is 11.3 Å². The van der Waals surface area contributed by atoms with Crippen LogP contribution < -0.4 is 15.5 Å². The van der Waals surface area contributed by atoms with Crippen LogP contribution in [0.1, 0.15) is 44.5 Å². The smallest absolute Gasteiger partial charge is 0.312 e. The molecule has 0 saturated heterocycles. The van der Waals surface area contributed by atoms with Gasteiger partial charge in [-0.1, -0.05) is 12.1 Å². The van der Waals surface area contributed by atoms with Crippen molar-refractivity contribution in [3.63, 3.8) is 0 Å². The monoisotopic (exact) mass is 551 g/mol. The lowest BCUT2D eigenvalue weighted by molar-refractivity contribution is -0.153. The summed E-state index contributed by atoms with van der Waals surface area (Å²) >= 11 is 0. The predicted molar refractivity (Wildman–Crippen MR) is 146 cm³/mol. The largest absolute Gasteiger partial charge is 0.443 e. The maximum absolute atomic E-state index is 13.7. The van der Waals surface area contributed by atoms with Gasteiger partial charge in [0.2, 0.25) is 11.9 Å². The van der Waals surface area contributed by atoms with Crippen molar-refractivity contribution in [2.45, 2.75) is 40.0 Å². The fraction of sp³-hybridized carbons (Fsp3) is 0.345. The maximum atomic E-state index is 13.7. The molecule has 1 aliphatic carbocycles. The molecule has 2 N–H and O–H groups in total. The Morgan fingerprint density at radius 3 is 2.27 bits per heavy atom. The first-order valence-corrected chi connectivity index (χ1v) is 12.8. The Hall–Kier alpha value is -4.41. The van der Waals surface area contributed by atoms with Gasteiger partial charge in [0.05, 0.1) is 11.1 Å². The van der Waals surface area contributed by atoms with E-state index in [1.165, 1.54) is 0 Å². The minimum atomic E-state index is -3.06. The fourth-order valence-electron chi connectivity index (χ4n) is 3.76. The molecule has 1 saturated carbocycles. The van der Waals surface area contributed by atoms with Gasteiger partial charge in [-0.05, 0) is 70.2 Å². The van der Waals surface area contributed by atoms with Crippen molar-refractivity contribution in [2.75, 3.05) is 23.5 Å². The SMILES string of the molecule is CCNC(=O)c1ccc(Nc2nccc(-c3ccc(N(COC(=O)C(C)(C)C)C(=O)C4CC4(F)F)cc3)n2)cc1. The number of hydrogen-bond donors (Lipinski definition) is 2. The molecule has 0 spiro atoms. The van der Waals surface area contributed by atoms with Gasteiger partial charge >= 0.3 is 5.97 Å². The van der Waals surface area contributed by atoms with Gasteiger partial charge in [-0.15, -0.1) is 0 Å². The van der Waals surface area contributed by atoms with E-state index in [0.29, 0.717) is 40.7 Å². The molecule has 210 valence electrons. The third-order valence-corrected chi connectivity index (χ3v) is 6.20. The van der Waals surface area contributed by atoms with Crippen LogP contribution in [0.2, 0.25) is 0 Å². The number of nitrogens with one attached hydrogen (secondary N) is 2. The number of hydrogen-bond acceptors (Lipinski definition) is 7. The molecule has 0 radical (unpaired) electrons. The first kappa shape index (κ1) is 28.6. The van der Waals surface area contributed by atoms with Crippen LogP contribution in [-0.4, -0.2) is 46.9 Å². The number of benzene rings is 2. The van der Waals surface area contributed by atoms with Crippen molar-refractivity contribution >= 4 is 35.1 Å². The molecule has 1 aliphatic rings. The van der Waals surface area contributed by atoms with Crippen LogP contribution >= 0.6 is 0 Å². The molecule has 1 aromatic heterocycles. The first-order chi connectivity index (χ1) is 18.9. The second-order valence-electron chi connectivity index (χ2n) is 10.5. The van der Waals surface area contributed by atoms with Gasteiger partial charge in [0.1, 0.15) is 5.92 Å². The lowest BCUT2D eigenvalue weighted by atomic mass is 9.97. The van der Waals surface area contributed by atoms with Crippen LogP contribution in [0.5, 0.6) is 0 Å². The first-order valence-electron chi connectivity index (χ1n) is 12.8. The number of rotatable bonds is 9. The molecule has 1 atom stereocenters. The van der Waals surface area contributed by atoms with E-state index in [1.807, 2.05) is 6.92 Å². The van der Waals surface area contributed by atoms with Gasteiger partial charge in [-0.25, -0.2) is 18.7 Å². The molecule has 40 heavy (non-hydrogen) atoms. The summed E-state index contributed by atoms with van der Waals surface area (Å²) in [6.07, 6.45) is 1.05. The van der Waals surface area contributed by atoms with Gasteiger partial charge in [0.25, 0.3) is 11.8 Å². The van der Waals surface area contributed by atoms with E-state index in [1.54, 1.807) is 81.6 Å². The standard InChI is InChI=1S/C29H31F2N5O4/c1-5-32-24(37)19-6-10-20(11-7-19)34-27-33-15-14-23(35-27)18-8-12-21(13-9-18)36(17-40-26(39)28(2,3)4)25(38)22-16-29(22,30)31/h6-15,22H,5,16-17H2,1-4H3,(H,32,37)(H,33,34,35). The number of ether oxygens (including phenoxy) is 1. The molecule has 3 aromatic rings. The summed E-state index contributed by atoms with van der Waals surface area (Å²) in [5.41, 5.74) is 2.00. The molecule has 4 rings (SSSR count). The van der Waals surface area contributed by atoms with Crippen LogP contribution in [0.4, 0.5) is 26.1 Å². The number of amides is 2. The summed E-state index contributed by atoms with van der Waals surface area (Å²) in [6, 6.07) is 15.2. The maximum Gasteiger partial charge on any atom is 0.312 e. The molecular formula is C29H31F2N5O4. The van der Waals surface area contributed by atoms with Gasteiger partial charge in [0, 0.05) is 41.7 Å². The van der Waals surface area contributed by atoms with E-state index in [9.17, 15) is 23.2 Å². The highest BCUT2D eigenvalue weighted by Crippen LogP contribution is 2.50. The summed E-state index contributed by atoms with van der Waals surface area (Å²) in [4.78, 5) is 46.9. The Morgan fingerprint density at radius 2 is 1.70 bits per heavy atom. The molecule has 1 heterocycles. The van der Waals surface area contributed by atoms with E-state index >= 15 is 0 Å². The molecule has 2 aromatic carbocycles. The lowest BCUT2D eigenvalue weighted by Crippen LogP contribution is -2.38. The third-order valence-electron chi connectivity index (χ3n) is 6.20. The highest BCUT2D eigenvalue weighted by Gasteiger charge is 2.62. The third kappa shape index (κ3) is 6.77. The number of alkyl halides is 2. The minimum absolute atomic E-state index is 0.158. The van der Waals surface area contributed by atoms with E-state index in [2.05, 4.69) is 20.6 Å². The van der Waals surface area contributed by atoms with Crippen molar-refractivity contribution in [3.8, 4) is 11.3 Å². The number of carbonyl (C=O) groups is 3. The number of anilines is 3. The Kier molecular flexibility index (Phi) is 8.13. The van der Waals surface area contributed by atoms with Crippen molar-refractivity contribution < 1.29 is 27.9 Å². The van der Waals surface area contributed by atoms with E-state index in [0.717, 1.165) is 4.90 Å². The summed E-state index contributed by atoms with van der Waals surface area (Å²) in [7, 11) is 0. The molecule has 0 aliphatic heterocycles. The lowest BCUT2D eigenvalue weighted by Gasteiger charge is -2.25. The zero-order chi connectivity index (χ0) is 29.1. The second-order valence-corrected chi connectivity index (χ2v) is 10.5. The molecule has 11 heteroatoms. The Balaban J connectivity index is 1.49. The Labute approximate surface area is 231 Å². The molecule has 0 bridgehead atoms. The zero-order valence-electron chi connectivity index (χ0n) is 22.7. The molecule has 1 fully saturated rings. The summed E-state index contributed by atoms with van der Waals surface area (Å²) in [5.74, 6) is -5.68. The Bertz CT molecular complexity index is 1390. The molecule has 1 unspecified atom stereocenters. The van der Waals surface area contributed by atoms with Gasteiger partial charge < -0.3 is 15.4 Å². The van der Waals surface area contributed by atoms with Gasteiger partial charge in [0.15, 0.2) is 6.73 Å². The molecular weight excluding hydrogens is 520 g/mol. The number of halogens is 2.